The summed E-state index contributed by atoms with van der Waals surface area (Å²) in [6.07, 6.45) is 1.57. The predicted octanol–water partition coefficient (Wildman–Crippen LogP) is 2.91. The van der Waals surface area contributed by atoms with Gasteiger partial charge in [0.2, 0.25) is 5.91 Å². The van der Waals surface area contributed by atoms with E-state index in [-0.39, 0.29) is 43.6 Å². The van der Waals surface area contributed by atoms with Gasteiger partial charge in [-0.15, -0.1) is 0 Å². The zero-order chi connectivity index (χ0) is 24.2. The van der Waals surface area contributed by atoms with Crippen LogP contribution in [0.3, 0.4) is 0 Å². The minimum absolute atomic E-state index is 0.00179. The number of nitrogens with one attached hydrogen (secondary N) is 2. The number of aliphatic carboxylic acids is 1. The lowest BCUT2D eigenvalue weighted by Gasteiger charge is -2.21. The van der Waals surface area contributed by atoms with Crippen LogP contribution in [0, 0.1) is 17.3 Å². The molecule has 8 nitrogen and oxygen atoms in total. The summed E-state index contributed by atoms with van der Waals surface area (Å²) in [7, 11) is 0. The van der Waals surface area contributed by atoms with E-state index in [1.807, 2.05) is 24.3 Å². The van der Waals surface area contributed by atoms with E-state index in [1.165, 1.54) is 11.1 Å². The first-order valence-corrected chi connectivity index (χ1v) is 12.2. The fraction of sp³-hybridized carbons (Fsp3) is 0.444. The van der Waals surface area contributed by atoms with E-state index in [0.29, 0.717) is 6.42 Å². The van der Waals surface area contributed by atoms with Crippen molar-refractivity contribution in [3.8, 4) is 11.1 Å². The number of amides is 2. The molecule has 3 N–H and O–H groups in total. The molecule has 0 spiro atoms. The predicted molar refractivity (Wildman–Crippen MR) is 126 cm³/mol. The molecule has 3 aliphatic carbocycles. The maximum absolute atomic E-state index is 13.0. The van der Waals surface area contributed by atoms with E-state index in [9.17, 15) is 19.5 Å². The Labute approximate surface area is 203 Å². The van der Waals surface area contributed by atoms with Gasteiger partial charge in [0.1, 0.15) is 12.5 Å². The fourth-order valence-electron chi connectivity index (χ4n) is 6.35. The molecule has 1 heterocycles. The Morgan fingerprint density at radius 2 is 1.66 bits per heavy atom. The molecule has 0 radical (unpaired) electrons. The van der Waals surface area contributed by atoms with Crippen molar-refractivity contribution in [3.63, 3.8) is 0 Å². The molecule has 0 bridgehead atoms. The maximum atomic E-state index is 13.0. The van der Waals surface area contributed by atoms with E-state index in [0.717, 1.165) is 24.0 Å². The van der Waals surface area contributed by atoms with Crippen molar-refractivity contribution in [2.24, 2.45) is 17.3 Å². The first-order chi connectivity index (χ1) is 17.0. The third-order valence-corrected chi connectivity index (χ3v) is 8.24. The van der Waals surface area contributed by atoms with Gasteiger partial charge in [0.05, 0.1) is 24.7 Å². The number of rotatable bonds is 6. The number of hydrogen-bond donors (Lipinski definition) is 3. The number of carboxylic acids is 1. The van der Waals surface area contributed by atoms with Crippen molar-refractivity contribution in [3.05, 3.63) is 59.7 Å². The molecule has 5 atom stereocenters. The Morgan fingerprint density at radius 1 is 0.971 bits per heavy atom. The monoisotopic (exact) mass is 476 g/mol. The number of carbonyl (C=O) groups is 3. The Bertz CT molecular complexity index is 1150. The number of ether oxygens (including phenoxy) is 2. The molecule has 4 aliphatic rings. The molecule has 8 heteroatoms. The van der Waals surface area contributed by atoms with Crippen LogP contribution in [0.25, 0.3) is 11.1 Å². The highest BCUT2D eigenvalue weighted by Crippen LogP contribution is 2.63. The summed E-state index contributed by atoms with van der Waals surface area (Å²) in [6, 6.07) is 15.8. The molecule has 2 amide bonds. The molecule has 2 aromatic rings. The van der Waals surface area contributed by atoms with E-state index in [1.54, 1.807) is 0 Å². The zero-order valence-corrected chi connectivity index (χ0v) is 19.2. The number of carbonyl (C=O) groups excluding carboxylic acids is 2. The summed E-state index contributed by atoms with van der Waals surface area (Å²) in [5, 5.41) is 15.2. The van der Waals surface area contributed by atoms with Gasteiger partial charge >= 0.3 is 12.1 Å². The Hall–Kier alpha value is -3.39. The molecule has 3 fully saturated rings. The minimum Gasteiger partial charge on any atom is -0.481 e. The third-order valence-electron chi connectivity index (χ3n) is 8.24. The summed E-state index contributed by atoms with van der Waals surface area (Å²) in [5.74, 6) is -1.60. The summed E-state index contributed by atoms with van der Waals surface area (Å²) in [5.41, 5.74) is 4.16. The second-order valence-corrected chi connectivity index (χ2v) is 10.2. The summed E-state index contributed by atoms with van der Waals surface area (Å²) >= 11 is 0. The van der Waals surface area contributed by atoms with Crippen molar-refractivity contribution in [1.82, 2.24) is 10.6 Å². The highest BCUT2D eigenvalue weighted by molar-refractivity contribution is 5.88. The van der Waals surface area contributed by atoms with Crippen LogP contribution in [0.1, 0.15) is 36.3 Å². The molecule has 0 aromatic heterocycles. The second kappa shape index (κ2) is 8.37. The lowest BCUT2D eigenvalue weighted by atomic mass is 9.98. The van der Waals surface area contributed by atoms with Crippen LogP contribution in [0.4, 0.5) is 4.79 Å². The van der Waals surface area contributed by atoms with Gasteiger partial charge in [-0.2, -0.15) is 0 Å². The molecule has 1 aliphatic heterocycles. The Balaban J connectivity index is 1.04. The van der Waals surface area contributed by atoms with Crippen LogP contribution in [0.2, 0.25) is 0 Å². The lowest BCUT2D eigenvalue weighted by molar-refractivity contribution is -0.142. The van der Waals surface area contributed by atoms with Crippen molar-refractivity contribution in [2.45, 2.75) is 37.3 Å². The van der Waals surface area contributed by atoms with Crippen molar-refractivity contribution in [1.29, 1.82) is 0 Å². The SMILES string of the molecule is O=C(NC1CC2CC2(C(=O)NC2COCC2C(=O)O)C1)OCC1c2ccccc2-c2ccccc21. The molecule has 35 heavy (non-hydrogen) atoms. The normalized spacial score (nSPS) is 30.2. The summed E-state index contributed by atoms with van der Waals surface area (Å²) in [6.45, 7) is 0.577. The molecule has 2 saturated carbocycles. The van der Waals surface area contributed by atoms with Gasteiger partial charge < -0.3 is 25.2 Å². The molecule has 5 unspecified atom stereocenters. The summed E-state index contributed by atoms with van der Waals surface area (Å²) < 4.78 is 10.9. The van der Waals surface area contributed by atoms with Gasteiger partial charge in [0.15, 0.2) is 0 Å². The van der Waals surface area contributed by atoms with Crippen molar-refractivity contribution < 1.29 is 29.0 Å². The third kappa shape index (κ3) is 3.76. The highest BCUT2D eigenvalue weighted by Gasteiger charge is 2.65. The van der Waals surface area contributed by atoms with E-state index in [2.05, 4.69) is 34.9 Å². The topological polar surface area (TPSA) is 114 Å². The number of benzene rings is 2. The molecular weight excluding hydrogens is 448 g/mol. The lowest BCUT2D eigenvalue weighted by Crippen LogP contribution is -2.46. The van der Waals surface area contributed by atoms with Crippen molar-refractivity contribution in [2.75, 3.05) is 19.8 Å². The van der Waals surface area contributed by atoms with Gasteiger partial charge in [-0.3, -0.25) is 9.59 Å². The van der Waals surface area contributed by atoms with Gasteiger partial charge in [-0.1, -0.05) is 48.5 Å². The molecule has 2 aromatic carbocycles. The van der Waals surface area contributed by atoms with E-state index in [4.69, 9.17) is 9.47 Å². The number of hydrogen-bond acceptors (Lipinski definition) is 5. The van der Waals surface area contributed by atoms with Gasteiger partial charge in [-0.05, 0) is 47.4 Å². The van der Waals surface area contributed by atoms with Gasteiger partial charge in [0.25, 0.3) is 0 Å². The Morgan fingerprint density at radius 3 is 2.34 bits per heavy atom. The second-order valence-electron chi connectivity index (χ2n) is 10.2. The van der Waals surface area contributed by atoms with Crippen LogP contribution in [-0.4, -0.2) is 55.0 Å². The fourth-order valence-corrected chi connectivity index (χ4v) is 6.35. The van der Waals surface area contributed by atoms with E-state index < -0.39 is 29.4 Å². The van der Waals surface area contributed by atoms with Crippen LogP contribution in [0.5, 0.6) is 0 Å². The van der Waals surface area contributed by atoms with E-state index >= 15 is 0 Å². The first-order valence-electron chi connectivity index (χ1n) is 12.2. The van der Waals surface area contributed by atoms with Crippen LogP contribution >= 0.6 is 0 Å². The number of carboxylic acid groups (broad SMARTS) is 1. The van der Waals surface area contributed by atoms with Crippen LogP contribution in [0.15, 0.2) is 48.5 Å². The number of fused-ring (bicyclic) bond motifs is 4. The average molecular weight is 477 g/mol. The standard InChI is InChI=1S/C27H28N2O6/c30-24(31)22-12-34-14-23(22)29-25(32)27-10-15(27)9-16(11-27)28-26(33)35-13-21-19-7-3-1-5-17(19)18-6-2-4-8-20(18)21/h1-8,15-16,21-23H,9-14H2,(H,28,33)(H,29,32)(H,30,31). The minimum atomic E-state index is -0.959. The van der Waals surface area contributed by atoms with Gasteiger partial charge in [0, 0.05) is 12.0 Å². The van der Waals surface area contributed by atoms with Crippen LogP contribution in [-0.2, 0) is 19.1 Å². The highest BCUT2D eigenvalue weighted by atomic mass is 16.5. The van der Waals surface area contributed by atoms with Gasteiger partial charge in [-0.25, -0.2) is 4.79 Å². The van der Waals surface area contributed by atoms with Crippen molar-refractivity contribution >= 4 is 18.0 Å². The first kappa shape index (κ1) is 22.1. The molecule has 182 valence electrons. The van der Waals surface area contributed by atoms with Crippen LogP contribution < -0.4 is 10.6 Å². The quantitative estimate of drug-likeness (QED) is 0.591. The smallest absolute Gasteiger partial charge is 0.407 e. The molecule has 1 saturated heterocycles. The summed E-state index contributed by atoms with van der Waals surface area (Å²) in [4.78, 5) is 37.0. The molecule has 6 rings (SSSR count). The largest absolute Gasteiger partial charge is 0.481 e. The number of alkyl carbamates (subject to hydrolysis) is 1. The maximum Gasteiger partial charge on any atom is 0.407 e. The Kier molecular flexibility index (Phi) is 5.29. The zero-order valence-electron chi connectivity index (χ0n) is 19.2. The molecular formula is C27H28N2O6. The average Bonchev–Trinajstić information content (AvgIpc) is 3.17.